The average molecular weight is 222 g/mol. The molecule has 15 heavy (non-hydrogen) atoms. The van der Waals surface area contributed by atoms with Crippen molar-refractivity contribution in [3.05, 3.63) is 40.6 Å². The van der Waals surface area contributed by atoms with Crippen LogP contribution in [0.15, 0.2) is 28.8 Å². The quantitative estimate of drug-likeness (QED) is 0.770. The Morgan fingerprint density at radius 3 is 2.73 bits per heavy atom. The van der Waals surface area contributed by atoms with E-state index in [1.54, 1.807) is 0 Å². The molecule has 0 N–H and O–H groups in total. The molecule has 0 atom stereocenters. The first-order valence-corrected chi connectivity index (χ1v) is 5.32. The maximum absolute atomic E-state index is 6.12. The maximum atomic E-state index is 6.12. The largest absolute Gasteiger partial charge is 0.361 e. The highest BCUT2D eigenvalue weighted by Crippen LogP contribution is 2.30. The predicted octanol–water partition coefficient (Wildman–Crippen LogP) is 3.87. The van der Waals surface area contributed by atoms with Gasteiger partial charge in [-0.2, -0.15) is 0 Å². The van der Waals surface area contributed by atoms with Gasteiger partial charge in [-0.15, -0.1) is 0 Å². The molecule has 2 aromatic rings. The van der Waals surface area contributed by atoms with Gasteiger partial charge >= 0.3 is 0 Å². The second-order valence-corrected chi connectivity index (χ2v) is 3.81. The van der Waals surface area contributed by atoms with Crippen LogP contribution < -0.4 is 0 Å². The van der Waals surface area contributed by atoms with Crippen molar-refractivity contribution in [2.24, 2.45) is 0 Å². The van der Waals surface area contributed by atoms with E-state index in [1.165, 1.54) is 0 Å². The summed E-state index contributed by atoms with van der Waals surface area (Å²) < 4.78 is 5.19. The highest BCUT2D eigenvalue weighted by Gasteiger charge is 2.14. The Labute approximate surface area is 93.9 Å². The third-order valence-corrected chi connectivity index (χ3v) is 2.80. The summed E-state index contributed by atoms with van der Waals surface area (Å²) >= 11 is 6.12. The lowest BCUT2D eigenvalue weighted by molar-refractivity contribution is 0.398. The molecule has 3 heteroatoms. The van der Waals surface area contributed by atoms with Crippen LogP contribution in [0.1, 0.15) is 18.2 Å². The van der Waals surface area contributed by atoms with Crippen LogP contribution in [-0.4, -0.2) is 5.16 Å². The number of benzene rings is 1. The Kier molecular flexibility index (Phi) is 2.78. The van der Waals surface area contributed by atoms with Gasteiger partial charge in [-0.05, 0) is 19.4 Å². The first kappa shape index (κ1) is 10.2. The first-order valence-electron chi connectivity index (χ1n) is 4.94. The van der Waals surface area contributed by atoms with Crippen LogP contribution in [0.25, 0.3) is 11.3 Å². The van der Waals surface area contributed by atoms with Crippen LogP contribution in [0.5, 0.6) is 0 Å². The van der Waals surface area contributed by atoms with Crippen LogP contribution in [0.3, 0.4) is 0 Å². The zero-order chi connectivity index (χ0) is 10.8. The number of aryl methyl sites for hydroxylation is 1. The zero-order valence-electron chi connectivity index (χ0n) is 8.75. The van der Waals surface area contributed by atoms with Gasteiger partial charge in [-0.1, -0.05) is 41.9 Å². The van der Waals surface area contributed by atoms with Gasteiger partial charge in [0, 0.05) is 11.1 Å². The van der Waals surface area contributed by atoms with Crippen LogP contribution >= 0.6 is 11.6 Å². The predicted molar refractivity (Wildman–Crippen MR) is 61.1 cm³/mol. The fourth-order valence-corrected chi connectivity index (χ4v) is 1.90. The van der Waals surface area contributed by atoms with E-state index in [0.29, 0.717) is 5.02 Å². The molecule has 0 saturated heterocycles. The summed E-state index contributed by atoms with van der Waals surface area (Å²) in [7, 11) is 0. The van der Waals surface area contributed by atoms with Crippen LogP contribution in [0.4, 0.5) is 0 Å². The van der Waals surface area contributed by atoms with E-state index in [2.05, 4.69) is 12.1 Å². The standard InChI is InChI=1S/C12H12ClNO/c1-3-9-8(2)15-14-12(9)10-6-4-5-7-11(10)13/h4-7H,3H2,1-2H3. The maximum Gasteiger partial charge on any atom is 0.137 e. The van der Waals surface area contributed by atoms with Crippen molar-refractivity contribution >= 4 is 11.6 Å². The minimum atomic E-state index is 0.709. The topological polar surface area (TPSA) is 26.0 Å². The molecule has 2 rings (SSSR count). The van der Waals surface area contributed by atoms with Gasteiger partial charge in [0.05, 0.1) is 5.02 Å². The second kappa shape index (κ2) is 4.07. The average Bonchev–Trinajstić information content (AvgIpc) is 2.60. The summed E-state index contributed by atoms with van der Waals surface area (Å²) in [6.07, 6.45) is 0.899. The van der Waals surface area contributed by atoms with E-state index in [-0.39, 0.29) is 0 Å². The molecule has 0 radical (unpaired) electrons. The van der Waals surface area contributed by atoms with Gasteiger partial charge in [-0.25, -0.2) is 0 Å². The first-order chi connectivity index (χ1) is 7.24. The van der Waals surface area contributed by atoms with Gasteiger partial charge in [-0.3, -0.25) is 0 Å². The normalized spacial score (nSPS) is 10.6. The van der Waals surface area contributed by atoms with Gasteiger partial charge in [0.15, 0.2) is 0 Å². The molecule has 1 aromatic carbocycles. The molecule has 1 aromatic heterocycles. The molecule has 0 bridgehead atoms. The highest BCUT2D eigenvalue weighted by molar-refractivity contribution is 6.33. The Morgan fingerprint density at radius 1 is 1.33 bits per heavy atom. The van der Waals surface area contributed by atoms with Gasteiger partial charge in [0.25, 0.3) is 0 Å². The third-order valence-electron chi connectivity index (χ3n) is 2.47. The Morgan fingerprint density at radius 2 is 2.07 bits per heavy atom. The summed E-state index contributed by atoms with van der Waals surface area (Å²) in [6.45, 7) is 4.01. The van der Waals surface area contributed by atoms with E-state index >= 15 is 0 Å². The van der Waals surface area contributed by atoms with Gasteiger partial charge < -0.3 is 4.52 Å². The van der Waals surface area contributed by atoms with Crippen LogP contribution in [0, 0.1) is 6.92 Å². The lowest BCUT2D eigenvalue weighted by Gasteiger charge is -2.01. The molecular formula is C12H12ClNO. The minimum Gasteiger partial charge on any atom is -0.361 e. The van der Waals surface area contributed by atoms with Crippen molar-refractivity contribution in [3.63, 3.8) is 0 Å². The Balaban J connectivity index is 2.59. The van der Waals surface area contributed by atoms with E-state index in [0.717, 1.165) is 29.0 Å². The van der Waals surface area contributed by atoms with Gasteiger partial charge in [0.2, 0.25) is 0 Å². The highest BCUT2D eigenvalue weighted by atomic mass is 35.5. The van der Waals surface area contributed by atoms with E-state index in [4.69, 9.17) is 16.1 Å². The molecule has 2 nitrogen and oxygen atoms in total. The van der Waals surface area contributed by atoms with E-state index < -0.39 is 0 Å². The number of hydrogen-bond acceptors (Lipinski definition) is 2. The molecule has 0 aliphatic carbocycles. The minimum absolute atomic E-state index is 0.709. The molecule has 0 unspecified atom stereocenters. The Bertz CT molecular complexity index is 476. The fourth-order valence-electron chi connectivity index (χ4n) is 1.67. The molecular weight excluding hydrogens is 210 g/mol. The molecule has 78 valence electrons. The zero-order valence-corrected chi connectivity index (χ0v) is 9.51. The number of aromatic nitrogens is 1. The monoisotopic (exact) mass is 221 g/mol. The SMILES string of the molecule is CCc1c(-c2ccccc2Cl)noc1C. The van der Waals surface area contributed by atoms with Crippen molar-refractivity contribution in [3.8, 4) is 11.3 Å². The molecule has 0 aliphatic rings. The third kappa shape index (κ3) is 1.77. The molecule has 0 aliphatic heterocycles. The molecule has 1 heterocycles. The van der Waals surface area contributed by atoms with Gasteiger partial charge in [0.1, 0.15) is 11.5 Å². The van der Waals surface area contributed by atoms with Crippen molar-refractivity contribution < 1.29 is 4.52 Å². The molecule has 0 amide bonds. The van der Waals surface area contributed by atoms with Crippen molar-refractivity contribution in [2.75, 3.05) is 0 Å². The molecule has 0 spiro atoms. The van der Waals surface area contributed by atoms with Crippen LogP contribution in [0.2, 0.25) is 5.02 Å². The number of halogens is 1. The van der Waals surface area contributed by atoms with E-state index in [1.807, 2.05) is 31.2 Å². The number of hydrogen-bond donors (Lipinski definition) is 0. The lowest BCUT2D eigenvalue weighted by Crippen LogP contribution is -1.86. The van der Waals surface area contributed by atoms with Crippen molar-refractivity contribution in [1.29, 1.82) is 0 Å². The summed E-state index contributed by atoms with van der Waals surface area (Å²) in [5.41, 5.74) is 2.93. The fraction of sp³-hybridized carbons (Fsp3) is 0.250. The lowest BCUT2D eigenvalue weighted by atomic mass is 10.0. The number of rotatable bonds is 2. The number of nitrogens with zero attached hydrogens (tertiary/aromatic N) is 1. The van der Waals surface area contributed by atoms with E-state index in [9.17, 15) is 0 Å². The Hall–Kier alpha value is -1.28. The molecule has 0 fully saturated rings. The van der Waals surface area contributed by atoms with Crippen LogP contribution in [-0.2, 0) is 6.42 Å². The summed E-state index contributed by atoms with van der Waals surface area (Å²) in [4.78, 5) is 0. The van der Waals surface area contributed by atoms with Crippen molar-refractivity contribution in [2.45, 2.75) is 20.3 Å². The summed E-state index contributed by atoms with van der Waals surface area (Å²) in [5.74, 6) is 0.868. The summed E-state index contributed by atoms with van der Waals surface area (Å²) in [5, 5.41) is 4.77. The van der Waals surface area contributed by atoms with Crippen molar-refractivity contribution in [1.82, 2.24) is 5.16 Å². The second-order valence-electron chi connectivity index (χ2n) is 3.40. The summed E-state index contributed by atoms with van der Waals surface area (Å²) in [6, 6.07) is 7.67. The molecule has 0 saturated carbocycles. The smallest absolute Gasteiger partial charge is 0.137 e.